The van der Waals surface area contributed by atoms with Gasteiger partial charge in [0.2, 0.25) is 11.2 Å². The van der Waals surface area contributed by atoms with Gasteiger partial charge in [0, 0.05) is 50.9 Å². The summed E-state index contributed by atoms with van der Waals surface area (Å²) in [5.74, 6) is 1.05. The molecule has 0 fully saturated rings. The van der Waals surface area contributed by atoms with E-state index in [0.29, 0.717) is 100 Å². The zero-order valence-electron chi connectivity index (χ0n) is 42.9. The van der Waals surface area contributed by atoms with Crippen LogP contribution in [0.3, 0.4) is 0 Å². The molecule has 0 aliphatic carbocycles. The minimum absolute atomic E-state index is 0.129. The van der Waals surface area contributed by atoms with Crippen LogP contribution in [-0.4, -0.2) is 60.4 Å². The minimum atomic E-state index is -0.477. The second-order valence-corrected chi connectivity index (χ2v) is 20.7. The molecule has 4 N–H and O–H groups in total. The zero-order chi connectivity index (χ0) is 53.5. The Kier molecular flexibility index (Phi) is 17.2. The molecule has 0 aliphatic rings. The molecule has 390 valence electrons. The minimum Gasteiger partial charge on any atom is -0.448 e. The smallest absolute Gasteiger partial charge is 0.297 e. The molecule has 0 aliphatic heterocycles. The molecule has 10 aromatic rings. The van der Waals surface area contributed by atoms with Gasteiger partial charge in [0.25, 0.3) is 17.0 Å². The van der Waals surface area contributed by atoms with Crippen LogP contribution in [0.2, 0.25) is 10.0 Å². The number of hydrogen-bond acceptors (Lipinski definition) is 11. The van der Waals surface area contributed by atoms with Crippen LogP contribution in [0, 0.1) is 13.8 Å². The van der Waals surface area contributed by atoms with E-state index in [1.165, 1.54) is 5.56 Å². The summed E-state index contributed by atoms with van der Waals surface area (Å²) in [5, 5.41) is 2.49. The van der Waals surface area contributed by atoms with Crippen LogP contribution < -0.4 is 22.6 Å². The van der Waals surface area contributed by atoms with Gasteiger partial charge in [0.05, 0.1) is 25.2 Å². The standard InChI is InChI=1S/C31H31ClN4O3.C29H29ClN4O2S/c1-3-25(35(17-7-16-33)30(37)22-12-10-20(2)11-13-22)29-34-27-24-18-23(32)14-15-26(24)39-28(27)31(38)36(29)19-21-8-5-4-6-9-21;1-3-24(34(16-15-31)37-22-12-9-19(2)10-13-22)28-32-26-23-17-21(30)11-14-25(23)36-27(26)29(35)33(28)18-20-7-5-4-6-8-20/h4-6,8-15,18,25H,3,7,16-17,19,33H2,1-2H3;4-14,17,24H,3,15-16,18,31H2,1-2H3. The lowest BCUT2D eigenvalue weighted by Gasteiger charge is -2.32. The number of fused-ring (bicyclic) bond motifs is 6. The lowest BCUT2D eigenvalue weighted by molar-refractivity contribution is 0.0655. The fraction of sp³-hybridized carbons (Fsp3) is 0.250. The average Bonchev–Trinajstić information content (AvgIpc) is 4.00. The Morgan fingerprint density at radius 1 is 0.618 bits per heavy atom. The first-order valence-corrected chi connectivity index (χ1v) is 27.0. The fourth-order valence-corrected chi connectivity index (χ4v) is 10.9. The third kappa shape index (κ3) is 11.7. The van der Waals surface area contributed by atoms with Crippen molar-refractivity contribution in [2.24, 2.45) is 11.5 Å². The van der Waals surface area contributed by atoms with E-state index in [1.54, 1.807) is 62.4 Å². The molecule has 0 radical (unpaired) electrons. The second kappa shape index (κ2) is 24.3. The molecule has 1 amide bonds. The topological polar surface area (TPSA) is 172 Å². The van der Waals surface area contributed by atoms with Crippen LogP contribution in [0.1, 0.15) is 89.5 Å². The predicted molar refractivity (Wildman–Crippen MR) is 307 cm³/mol. The van der Waals surface area contributed by atoms with Crippen LogP contribution in [0.25, 0.3) is 44.1 Å². The van der Waals surface area contributed by atoms with Gasteiger partial charge in [0.1, 0.15) is 33.8 Å². The third-order valence-electron chi connectivity index (χ3n) is 13.3. The Morgan fingerprint density at radius 3 is 1.55 bits per heavy atom. The quantitative estimate of drug-likeness (QED) is 0.0784. The largest absolute Gasteiger partial charge is 0.448 e. The normalized spacial score (nSPS) is 12.4. The van der Waals surface area contributed by atoms with Gasteiger partial charge in [-0.15, -0.1) is 0 Å². The van der Waals surface area contributed by atoms with Gasteiger partial charge < -0.3 is 25.2 Å². The summed E-state index contributed by atoms with van der Waals surface area (Å²) in [6.45, 7) is 10.8. The van der Waals surface area contributed by atoms with Crippen LogP contribution in [0.4, 0.5) is 0 Å². The number of rotatable bonds is 18. The maximum Gasteiger partial charge on any atom is 0.297 e. The number of halogens is 2. The number of aromatic nitrogens is 4. The van der Waals surface area contributed by atoms with Crippen molar-refractivity contribution in [2.75, 3.05) is 26.2 Å². The van der Waals surface area contributed by atoms with Crippen molar-refractivity contribution in [3.8, 4) is 0 Å². The van der Waals surface area contributed by atoms with Crippen molar-refractivity contribution < 1.29 is 13.6 Å². The summed E-state index contributed by atoms with van der Waals surface area (Å²) in [4.78, 5) is 54.9. The summed E-state index contributed by atoms with van der Waals surface area (Å²) < 4.78 is 17.6. The number of nitrogens with zero attached hydrogens (tertiary/aromatic N) is 6. The van der Waals surface area contributed by atoms with Gasteiger partial charge in [-0.3, -0.25) is 23.5 Å². The molecule has 6 aromatic carbocycles. The van der Waals surface area contributed by atoms with Gasteiger partial charge >= 0.3 is 0 Å². The number of benzene rings is 6. The van der Waals surface area contributed by atoms with Crippen LogP contribution in [0.15, 0.2) is 169 Å². The number of furan rings is 2. The number of aryl methyl sites for hydroxylation is 2. The molecule has 0 spiro atoms. The van der Waals surface area contributed by atoms with E-state index < -0.39 is 6.04 Å². The van der Waals surface area contributed by atoms with Crippen LogP contribution >= 0.6 is 35.1 Å². The lowest BCUT2D eigenvalue weighted by Crippen LogP contribution is -2.40. The SMILES string of the molecule is CCC(c1nc2c(oc3ccc(Cl)cc32)c(=O)n1Cc1ccccc1)N(CCCN)C(=O)c1ccc(C)cc1.CCC(c1nc2c(oc3ccc(Cl)cc32)c(=O)n1Cc1ccccc1)N(CCN)Sc1ccc(C)cc1. The first kappa shape index (κ1) is 53.8. The highest BCUT2D eigenvalue weighted by molar-refractivity contribution is 7.97. The van der Waals surface area contributed by atoms with Crippen molar-refractivity contribution >= 4 is 85.2 Å². The lowest BCUT2D eigenvalue weighted by atomic mass is 10.1. The Hall–Kier alpha value is -7.04. The van der Waals surface area contributed by atoms with Crippen LogP contribution in [-0.2, 0) is 13.1 Å². The number of carbonyl (C=O) groups excluding carboxylic acids is 1. The van der Waals surface area contributed by atoms with Crippen molar-refractivity contribution in [3.05, 3.63) is 216 Å². The summed E-state index contributed by atoms with van der Waals surface area (Å²) in [6, 6.07) is 45.5. The third-order valence-corrected chi connectivity index (χ3v) is 15.0. The zero-order valence-corrected chi connectivity index (χ0v) is 45.2. The van der Waals surface area contributed by atoms with E-state index in [-0.39, 0.29) is 40.8 Å². The van der Waals surface area contributed by atoms with Crippen molar-refractivity contribution in [3.63, 3.8) is 0 Å². The Bertz CT molecular complexity index is 3750. The first-order chi connectivity index (χ1) is 36.9. The van der Waals surface area contributed by atoms with Gasteiger partial charge in [-0.25, -0.2) is 14.3 Å². The molecule has 16 heteroatoms. The average molecular weight is 1080 g/mol. The van der Waals surface area contributed by atoms with Gasteiger partial charge in [0.15, 0.2) is 0 Å². The van der Waals surface area contributed by atoms with Crippen molar-refractivity contribution in [2.45, 2.75) is 77.0 Å². The van der Waals surface area contributed by atoms with Crippen LogP contribution in [0.5, 0.6) is 0 Å². The van der Waals surface area contributed by atoms with E-state index in [0.717, 1.165) is 33.4 Å². The van der Waals surface area contributed by atoms with E-state index in [9.17, 15) is 14.4 Å². The fourth-order valence-electron chi connectivity index (χ4n) is 9.48. The van der Waals surface area contributed by atoms with Gasteiger partial charge in [-0.2, -0.15) is 0 Å². The van der Waals surface area contributed by atoms with E-state index >= 15 is 0 Å². The molecule has 0 saturated carbocycles. The highest BCUT2D eigenvalue weighted by Crippen LogP contribution is 2.37. The Balaban J connectivity index is 0.000000186. The molecule has 2 unspecified atom stereocenters. The summed E-state index contributed by atoms with van der Waals surface area (Å²) >= 11 is 14.2. The number of amides is 1. The molecular formula is C60H60Cl2N8O5S. The molecule has 76 heavy (non-hydrogen) atoms. The number of carbonyl (C=O) groups is 1. The van der Waals surface area contributed by atoms with E-state index in [1.807, 2.05) is 98.8 Å². The molecule has 4 aromatic heterocycles. The molecule has 0 bridgehead atoms. The maximum atomic E-state index is 14.0. The molecule has 10 rings (SSSR count). The summed E-state index contributed by atoms with van der Waals surface area (Å²) in [5.41, 5.74) is 18.7. The van der Waals surface area contributed by atoms with Crippen molar-refractivity contribution in [1.82, 2.24) is 28.3 Å². The molecule has 2 atom stereocenters. The Morgan fingerprint density at radius 2 is 1.09 bits per heavy atom. The van der Waals surface area contributed by atoms with Crippen molar-refractivity contribution in [1.29, 1.82) is 0 Å². The predicted octanol–water partition coefficient (Wildman–Crippen LogP) is 12.7. The summed E-state index contributed by atoms with van der Waals surface area (Å²) in [6.07, 6.45) is 1.90. The van der Waals surface area contributed by atoms with E-state index in [2.05, 4.69) is 42.4 Å². The van der Waals surface area contributed by atoms with E-state index in [4.69, 9.17) is 53.5 Å². The molecule has 4 heterocycles. The van der Waals surface area contributed by atoms with Gasteiger partial charge in [-0.05, 0) is 123 Å². The Labute approximate surface area is 455 Å². The highest BCUT2D eigenvalue weighted by Gasteiger charge is 2.31. The first-order valence-electron chi connectivity index (χ1n) is 25.5. The maximum absolute atomic E-state index is 14.0. The summed E-state index contributed by atoms with van der Waals surface area (Å²) in [7, 11) is 0. The second-order valence-electron chi connectivity index (χ2n) is 18.7. The molecule has 13 nitrogen and oxygen atoms in total. The highest BCUT2D eigenvalue weighted by atomic mass is 35.5. The number of nitrogens with two attached hydrogens (primary N) is 2. The monoisotopic (exact) mass is 1070 g/mol. The number of hydrogen-bond donors (Lipinski definition) is 2. The van der Waals surface area contributed by atoms with Gasteiger partial charge in [-0.1, -0.05) is 133 Å². The molecular weight excluding hydrogens is 1020 g/mol. The molecule has 0 saturated heterocycles.